The number of thiazole rings is 1. The summed E-state index contributed by atoms with van der Waals surface area (Å²) in [5, 5.41) is 6.38. The average molecular weight is 329 g/mol. The van der Waals surface area contributed by atoms with Crippen molar-refractivity contribution >= 4 is 27.3 Å². The number of halogens is 2. The van der Waals surface area contributed by atoms with Gasteiger partial charge in [0.25, 0.3) is 0 Å². The molecule has 1 aromatic heterocycles. The van der Waals surface area contributed by atoms with Gasteiger partial charge in [0.05, 0.1) is 6.04 Å². The molecule has 0 bridgehead atoms. The summed E-state index contributed by atoms with van der Waals surface area (Å²) in [5.74, 6) is -0.243. The number of hydrogen-bond acceptors (Lipinski definition) is 3. The van der Waals surface area contributed by atoms with Crippen LogP contribution in [0.15, 0.2) is 34.2 Å². The highest BCUT2D eigenvalue weighted by Gasteiger charge is 2.20. The first kappa shape index (κ1) is 13.6. The summed E-state index contributed by atoms with van der Waals surface area (Å²) in [4.78, 5) is 4.35. The lowest BCUT2D eigenvalue weighted by Crippen LogP contribution is -2.29. The van der Waals surface area contributed by atoms with Gasteiger partial charge >= 0.3 is 0 Å². The molecule has 1 atom stereocenters. The number of rotatable bonds is 4. The van der Waals surface area contributed by atoms with Gasteiger partial charge in [-0.3, -0.25) is 0 Å². The van der Waals surface area contributed by atoms with Gasteiger partial charge in [-0.05, 0) is 31.5 Å². The Kier molecular flexibility index (Phi) is 4.48. The van der Waals surface area contributed by atoms with Crippen LogP contribution < -0.4 is 5.32 Å². The molecule has 0 aliphatic carbocycles. The van der Waals surface area contributed by atoms with Gasteiger partial charge in [-0.1, -0.05) is 22.0 Å². The van der Waals surface area contributed by atoms with Gasteiger partial charge in [0.1, 0.15) is 10.8 Å². The third-order valence-corrected chi connectivity index (χ3v) is 4.00. The second-order valence-corrected chi connectivity index (χ2v) is 6.07. The Morgan fingerprint density at radius 1 is 1.39 bits per heavy atom. The minimum atomic E-state index is -0.243. The minimum Gasteiger partial charge on any atom is -0.302 e. The fourth-order valence-electron chi connectivity index (χ4n) is 1.74. The van der Waals surface area contributed by atoms with E-state index in [-0.39, 0.29) is 11.9 Å². The molecule has 96 valence electrons. The normalized spacial score (nSPS) is 12.9. The van der Waals surface area contributed by atoms with Crippen LogP contribution in [0.4, 0.5) is 4.39 Å². The van der Waals surface area contributed by atoms with Crippen LogP contribution in [0.25, 0.3) is 0 Å². The van der Waals surface area contributed by atoms with Crippen molar-refractivity contribution < 1.29 is 4.39 Å². The molecular weight excluding hydrogens is 315 g/mol. The molecule has 0 fully saturated rings. The van der Waals surface area contributed by atoms with Crippen molar-refractivity contribution in [2.24, 2.45) is 0 Å². The third-order valence-electron chi connectivity index (χ3n) is 2.47. The average Bonchev–Trinajstić information content (AvgIpc) is 2.79. The predicted octanol–water partition coefficient (Wildman–Crippen LogP) is 4.13. The van der Waals surface area contributed by atoms with Gasteiger partial charge in [0.15, 0.2) is 0 Å². The van der Waals surface area contributed by atoms with Gasteiger partial charge in [-0.15, -0.1) is 11.3 Å². The van der Waals surface area contributed by atoms with E-state index in [0.717, 1.165) is 15.0 Å². The van der Waals surface area contributed by atoms with E-state index >= 15 is 0 Å². The molecule has 0 spiro atoms. The molecule has 1 aromatic carbocycles. The smallest absolute Gasteiger partial charge is 0.124 e. The van der Waals surface area contributed by atoms with E-state index in [1.807, 2.05) is 5.38 Å². The quantitative estimate of drug-likeness (QED) is 0.912. The van der Waals surface area contributed by atoms with Crippen molar-refractivity contribution in [3.05, 3.63) is 50.6 Å². The number of benzene rings is 1. The zero-order valence-corrected chi connectivity index (χ0v) is 12.6. The van der Waals surface area contributed by atoms with Crippen molar-refractivity contribution in [1.29, 1.82) is 0 Å². The summed E-state index contributed by atoms with van der Waals surface area (Å²) in [7, 11) is 0. The first-order chi connectivity index (χ1) is 8.58. The summed E-state index contributed by atoms with van der Waals surface area (Å²) in [6.07, 6.45) is 1.78. The van der Waals surface area contributed by atoms with E-state index in [1.54, 1.807) is 23.6 Å². The molecule has 0 saturated heterocycles. The van der Waals surface area contributed by atoms with Crippen LogP contribution in [0, 0.1) is 5.82 Å². The highest BCUT2D eigenvalue weighted by molar-refractivity contribution is 9.10. The summed E-state index contributed by atoms with van der Waals surface area (Å²) in [5.41, 5.74) is 1.00. The molecule has 0 aliphatic heterocycles. The maximum atomic E-state index is 13.2. The summed E-state index contributed by atoms with van der Waals surface area (Å²) in [6, 6.07) is 5.05. The van der Waals surface area contributed by atoms with Gasteiger partial charge in [-0.2, -0.15) is 0 Å². The fraction of sp³-hybridized carbons (Fsp3) is 0.308. The van der Waals surface area contributed by atoms with E-state index in [2.05, 4.69) is 40.1 Å². The topological polar surface area (TPSA) is 24.9 Å². The first-order valence-corrected chi connectivity index (χ1v) is 7.35. The highest BCUT2D eigenvalue weighted by Crippen LogP contribution is 2.30. The molecule has 0 saturated carbocycles. The highest BCUT2D eigenvalue weighted by atomic mass is 79.9. The number of nitrogens with zero attached hydrogens (tertiary/aromatic N) is 1. The lowest BCUT2D eigenvalue weighted by Gasteiger charge is -2.21. The molecule has 18 heavy (non-hydrogen) atoms. The SMILES string of the molecule is CC(C)NC(c1nccs1)c1ccc(F)cc1Br. The van der Waals surface area contributed by atoms with Crippen molar-refractivity contribution in [1.82, 2.24) is 10.3 Å². The van der Waals surface area contributed by atoms with Crippen LogP contribution in [-0.4, -0.2) is 11.0 Å². The molecule has 1 heterocycles. The molecule has 1 unspecified atom stereocenters. The minimum absolute atomic E-state index is 0.0139. The molecule has 0 radical (unpaired) electrons. The van der Waals surface area contributed by atoms with E-state index < -0.39 is 0 Å². The second-order valence-electron chi connectivity index (χ2n) is 4.29. The summed E-state index contributed by atoms with van der Waals surface area (Å²) in [6.45, 7) is 4.16. The summed E-state index contributed by atoms with van der Waals surface area (Å²) >= 11 is 5.01. The van der Waals surface area contributed by atoms with Crippen LogP contribution in [0.3, 0.4) is 0 Å². The Morgan fingerprint density at radius 3 is 2.72 bits per heavy atom. The van der Waals surface area contributed by atoms with Crippen LogP contribution in [0.2, 0.25) is 0 Å². The second kappa shape index (κ2) is 5.91. The molecule has 0 aliphatic rings. The predicted molar refractivity (Wildman–Crippen MR) is 76.3 cm³/mol. The molecule has 2 aromatic rings. The van der Waals surface area contributed by atoms with Crippen LogP contribution in [0.1, 0.15) is 30.5 Å². The largest absolute Gasteiger partial charge is 0.302 e. The van der Waals surface area contributed by atoms with E-state index in [1.165, 1.54) is 12.1 Å². The van der Waals surface area contributed by atoms with Crippen LogP contribution in [0.5, 0.6) is 0 Å². The van der Waals surface area contributed by atoms with Crippen molar-refractivity contribution in [2.75, 3.05) is 0 Å². The van der Waals surface area contributed by atoms with Crippen molar-refractivity contribution in [3.8, 4) is 0 Å². The van der Waals surface area contributed by atoms with Crippen LogP contribution >= 0.6 is 27.3 Å². The molecule has 0 amide bonds. The molecular formula is C13H14BrFN2S. The van der Waals surface area contributed by atoms with E-state index in [0.29, 0.717) is 6.04 Å². The van der Waals surface area contributed by atoms with Crippen molar-refractivity contribution in [3.63, 3.8) is 0 Å². The van der Waals surface area contributed by atoms with Gasteiger partial charge < -0.3 is 5.32 Å². The Morgan fingerprint density at radius 2 is 2.17 bits per heavy atom. The Balaban J connectivity index is 2.40. The van der Waals surface area contributed by atoms with Gasteiger partial charge in [0, 0.05) is 22.1 Å². The lowest BCUT2D eigenvalue weighted by molar-refractivity contribution is 0.524. The summed E-state index contributed by atoms with van der Waals surface area (Å²) < 4.78 is 13.9. The number of hydrogen-bond donors (Lipinski definition) is 1. The van der Waals surface area contributed by atoms with E-state index in [9.17, 15) is 4.39 Å². The fourth-order valence-corrected chi connectivity index (χ4v) is 3.03. The first-order valence-electron chi connectivity index (χ1n) is 5.68. The standard InChI is InChI=1S/C13H14BrFN2S/c1-8(2)17-12(13-16-5-6-18-13)10-4-3-9(15)7-11(10)14/h3-8,12,17H,1-2H3. The Hall–Kier alpha value is -0.780. The third kappa shape index (κ3) is 3.16. The maximum Gasteiger partial charge on any atom is 0.124 e. The zero-order valence-electron chi connectivity index (χ0n) is 10.2. The van der Waals surface area contributed by atoms with Gasteiger partial charge in [0.2, 0.25) is 0 Å². The van der Waals surface area contributed by atoms with Crippen molar-refractivity contribution in [2.45, 2.75) is 25.9 Å². The Labute approximate surface area is 118 Å². The monoisotopic (exact) mass is 328 g/mol. The van der Waals surface area contributed by atoms with E-state index in [4.69, 9.17) is 0 Å². The number of aromatic nitrogens is 1. The molecule has 2 rings (SSSR count). The maximum absolute atomic E-state index is 13.2. The van der Waals surface area contributed by atoms with Crippen LogP contribution in [-0.2, 0) is 0 Å². The van der Waals surface area contributed by atoms with Gasteiger partial charge in [-0.25, -0.2) is 9.37 Å². The zero-order chi connectivity index (χ0) is 13.1. The molecule has 1 N–H and O–H groups in total. The lowest BCUT2D eigenvalue weighted by atomic mass is 10.1. The Bertz CT molecular complexity index is 514. The molecule has 5 heteroatoms. The molecule has 2 nitrogen and oxygen atoms in total. The number of nitrogens with one attached hydrogen (secondary N) is 1.